The molecule has 1 aromatic rings. The highest BCUT2D eigenvalue weighted by molar-refractivity contribution is 6.10. The van der Waals surface area contributed by atoms with Gasteiger partial charge in [-0.1, -0.05) is 19.1 Å². The predicted molar refractivity (Wildman–Crippen MR) is 91.8 cm³/mol. The second-order valence-corrected chi connectivity index (χ2v) is 6.32. The third-order valence-corrected chi connectivity index (χ3v) is 4.71. The van der Waals surface area contributed by atoms with Crippen molar-refractivity contribution in [2.24, 2.45) is 11.8 Å². The highest BCUT2D eigenvalue weighted by Crippen LogP contribution is 2.35. The van der Waals surface area contributed by atoms with E-state index in [9.17, 15) is 19.2 Å². The molecule has 1 N–H and O–H groups in total. The van der Waals surface area contributed by atoms with Crippen LogP contribution in [-0.4, -0.2) is 34.9 Å². The quantitative estimate of drug-likeness (QED) is 0.506. The number of amides is 3. The zero-order valence-corrected chi connectivity index (χ0v) is 14.0. The molecule has 1 heterocycles. The van der Waals surface area contributed by atoms with Crippen LogP contribution in [0, 0.1) is 11.8 Å². The SMILES string of the molecule is CCC(=O)Nc1ccc(C(=O)CN2C(=O)[C@H]3CC=CC[C@@H]3C2=O)cc1. The van der Waals surface area contributed by atoms with Crippen molar-refractivity contribution in [3.05, 3.63) is 42.0 Å². The number of nitrogens with zero attached hydrogens (tertiary/aromatic N) is 1. The number of likely N-dealkylation sites (tertiary alicyclic amines) is 1. The van der Waals surface area contributed by atoms with Gasteiger partial charge in [-0.05, 0) is 37.1 Å². The van der Waals surface area contributed by atoms with E-state index in [2.05, 4.69) is 5.32 Å². The van der Waals surface area contributed by atoms with Gasteiger partial charge in [0.05, 0.1) is 18.4 Å². The highest BCUT2D eigenvalue weighted by Gasteiger charge is 2.47. The van der Waals surface area contributed by atoms with Crippen LogP contribution in [0.2, 0.25) is 0 Å². The van der Waals surface area contributed by atoms with Crippen molar-refractivity contribution in [3.63, 3.8) is 0 Å². The number of hydrogen-bond donors (Lipinski definition) is 1. The molecule has 2 atom stereocenters. The van der Waals surface area contributed by atoms with Crippen molar-refractivity contribution in [2.45, 2.75) is 26.2 Å². The van der Waals surface area contributed by atoms with E-state index in [0.29, 0.717) is 30.5 Å². The second-order valence-electron chi connectivity index (χ2n) is 6.32. The second kappa shape index (κ2) is 7.01. The Morgan fingerprint density at radius 3 is 2.12 bits per heavy atom. The first-order valence-electron chi connectivity index (χ1n) is 8.44. The molecule has 1 aliphatic carbocycles. The summed E-state index contributed by atoms with van der Waals surface area (Å²) in [4.78, 5) is 49.7. The minimum absolute atomic E-state index is 0.108. The van der Waals surface area contributed by atoms with Crippen LogP contribution in [0.5, 0.6) is 0 Å². The van der Waals surface area contributed by atoms with Crippen LogP contribution >= 0.6 is 0 Å². The first kappa shape index (κ1) is 17.1. The zero-order chi connectivity index (χ0) is 18.0. The number of fused-ring (bicyclic) bond motifs is 1. The van der Waals surface area contributed by atoms with Gasteiger partial charge >= 0.3 is 0 Å². The van der Waals surface area contributed by atoms with Crippen molar-refractivity contribution < 1.29 is 19.2 Å². The maximum atomic E-state index is 12.4. The Morgan fingerprint density at radius 2 is 1.60 bits per heavy atom. The Labute approximate surface area is 145 Å². The smallest absolute Gasteiger partial charge is 0.233 e. The van der Waals surface area contributed by atoms with Gasteiger partial charge in [-0.2, -0.15) is 0 Å². The summed E-state index contributed by atoms with van der Waals surface area (Å²) < 4.78 is 0. The van der Waals surface area contributed by atoms with E-state index < -0.39 is 0 Å². The van der Waals surface area contributed by atoms with Crippen molar-refractivity contribution in [1.82, 2.24) is 4.90 Å². The lowest BCUT2D eigenvalue weighted by atomic mass is 9.85. The van der Waals surface area contributed by atoms with Gasteiger partial charge < -0.3 is 5.32 Å². The van der Waals surface area contributed by atoms with Crippen LogP contribution < -0.4 is 5.32 Å². The summed E-state index contributed by atoms with van der Waals surface area (Å²) in [7, 11) is 0. The minimum Gasteiger partial charge on any atom is -0.326 e. The Hall–Kier alpha value is -2.76. The van der Waals surface area contributed by atoms with Gasteiger partial charge in [-0.15, -0.1) is 0 Å². The molecule has 130 valence electrons. The molecular weight excluding hydrogens is 320 g/mol. The number of carbonyl (C=O) groups excluding carboxylic acids is 4. The molecule has 0 aromatic heterocycles. The van der Waals surface area contributed by atoms with E-state index in [1.807, 2.05) is 12.2 Å². The summed E-state index contributed by atoms with van der Waals surface area (Å²) in [6, 6.07) is 6.46. The number of anilines is 1. The Kier molecular flexibility index (Phi) is 4.79. The van der Waals surface area contributed by atoms with Gasteiger partial charge in [0.1, 0.15) is 0 Å². The van der Waals surface area contributed by atoms with E-state index in [4.69, 9.17) is 0 Å². The average Bonchev–Trinajstić information content (AvgIpc) is 2.87. The Morgan fingerprint density at radius 1 is 1.04 bits per heavy atom. The molecular formula is C19H20N2O4. The summed E-state index contributed by atoms with van der Waals surface area (Å²) in [6.45, 7) is 1.52. The molecule has 0 unspecified atom stereocenters. The van der Waals surface area contributed by atoms with Gasteiger partial charge in [0.2, 0.25) is 17.7 Å². The molecule has 6 heteroatoms. The third-order valence-electron chi connectivity index (χ3n) is 4.71. The van der Waals surface area contributed by atoms with Crippen LogP contribution in [0.4, 0.5) is 5.69 Å². The van der Waals surface area contributed by atoms with Gasteiger partial charge in [-0.3, -0.25) is 24.1 Å². The van der Waals surface area contributed by atoms with Crippen LogP contribution in [0.3, 0.4) is 0 Å². The minimum atomic E-state index is -0.322. The molecule has 25 heavy (non-hydrogen) atoms. The van der Waals surface area contributed by atoms with Crippen molar-refractivity contribution in [2.75, 3.05) is 11.9 Å². The zero-order valence-electron chi connectivity index (χ0n) is 14.0. The lowest BCUT2D eigenvalue weighted by molar-refractivity contribution is -0.139. The standard InChI is InChI=1S/C19H20N2O4/c1-2-17(23)20-13-9-7-12(8-10-13)16(22)11-21-18(24)14-5-3-4-6-15(14)19(21)25/h3-4,7-10,14-15H,2,5-6,11H2,1H3,(H,20,23)/t14-,15-/m0/s1. The lowest BCUT2D eigenvalue weighted by Crippen LogP contribution is -2.36. The van der Waals surface area contributed by atoms with Gasteiger partial charge in [0, 0.05) is 17.7 Å². The third kappa shape index (κ3) is 3.38. The number of rotatable bonds is 5. The van der Waals surface area contributed by atoms with E-state index >= 15 is 0 Å². The van der Waals surface area contributed by atoms with Crippen LogP contribution in [0.25, 0.3) is 0 Å². The van der Waals surface area contributed by atoms with E-state index in [-0.39, 0.29) is 41.9 Å². The summed E-state index contributed by atoms with van der Waals surface area (Å²) >= 11 is 0. The van der Waals surface area contributed by atoms with E-state index in [1.165, 1.54) is 0 Å². The number of Topliss-reactive ketones (excluding diaryl/α,β-unsaturated/α-hetero) is 1. The highest BCUT2D eigenvalue weighted by atomic mass is 16.2. The lowest BCUT2D eigenvalue weighted by Gasteiger charge is -2.14. The van der Waals surface area contributed by atoms with Crippen molar-refractivity contribution >= 4 is 29.2 Å². The molecule has 6 nitrogen and oxygen atoms in total. The fourth-order valence-electron chi connectivity index (χ4n) is 3.25. The number of carbonyl (C=O) groups is 4. The first-order valence-corrected chi connectivity index (χ1v) is 8.44. The predicted octanol–water partition coefficient (Wildman–Crippen LogP) is 2.17. The fraction of sp³-hybridized carbons (Fsp3) is 0.368. The summed E-state index contributed by atoms with van der Waals surface area (Å²) in [5, 5.41) is 2.70. The first-order chi connectivity index (χ1) is 12.0. The molecule has 0 bridgehead atoms. The normalized spacial score (nSPS) is 22.0. The van der Waals surface area contributed by atoms with Crippen molar-refractivity contribution in [3.8, 4) is 0 Å². The van der Waals surface area contributed by atoms with E-state index in [0.717, 1.165) is 4.90 Å². The fourth-order valence-corrected chi connectivity index (χ4v) is 3.25. The molecule has 1 aromatic carbocycles. The molecule has 0 saturated carbocycles. The number of benzene rings is 1. The average molecular weight is 340 g/mol. The molecule has 3 rings (SSSR count). The number of allylic oxidation sites excluding steroid dienone is 2. The monoisotopic (exact) mass is 340 g/mol. The van der Waals surface area contributed by atoms with Gasteiger partial charge in [0.25, 0.3) is 0 Å². The maximum Gasteiger partial charge on any atom is 0.233 e. The van der Waals surface area contributed by atoms with Crippen LogP contribution in [-0.2, 0) is 14.4 Å². The Bertz CT molecular complexity index is 725. The number of ketones is 1. The maximum absolute atomic E-state index is 12.4. The molecule has 1 fully saturated rings. The Balaban J connectivity index is 1.67. The molecule has 1 aliphatic heterocycles. The van der Waals surface area contributed by atoms with Crippen LogP contribution in [0.1, 0.15) is 36.5 Å². The summed E-state index contributed by atoms with van der Waals surface area (Å²) in [6.07, 6.45) is 5.33. The summed E-state index contributed by atoms with van der Waals surface area (Å²) in [5.41, 5.74) is 1.01. The van der Waals surface area contributed by atoms with Crippen LogP contribution in [0.15, 0.2) is 36.4 Å². The molecule has 0 radical (unpaired) electrons. The van der Waals surface area contributed by atoms with Crippen molar-refractivity contribution in [1.29, 1.82) is 0 Å². The molecule has 2 aliphatic rings. The summed E-state index contributed by atoms with van der Waals surface area (Å²) in [5.74, 6) is -1.54. The number of hydrogen-bond acceptors (Lipinski definition) is 4. The number of nitrogens with one attached hydrogen (secondary N) is 1. The van der Waals surface area contributed by atoms with Gasteiger partial charge in [-0.25, -0.2) is 0 Å². The van der Waals surface area contributed by atoms with Gasteiger partial charge in [0.15, 0.2) is 5.78 Å². The largest absolute Gasteiger partial charge is 0.326 e. The molecule has 3 amide bonds. The molecule has 1 saturated heterocycles. The number of imide groups is 1. The topological polar surface area (TPSA) is 83.6 Å². The molecule has 0 spiro atoms. The van der Waals surface area contributed by atoms with E-state index in [1.54, 1.807) is 31.2 Å².